The third-order valence-corrected chi connectivity index (χ3v) is 2.51. The van der Waals surface area contributed by atoms with Crippen LogP contribution < -0.4 is 0 Å². The summed E-state index contributed by atoms with van der Waals surface area (Å²) in [5, 5.41) is 9.29. The molecule has 0 radical (unpaired) electrons. The Morgan fingerprint density at radius 2 is 2.19 bits per heavy atom. The first-order valence-corrected chi connectivity index (χ1v) is 5.61. The molecule has 1 unspecified atom stereocenters. The highest BCUT2D eigenvalue weighted by molar-refractivity contribution is 6.32. The fourth-order valence-electron chi connectivity index (χ4n) is 1.32. The first kappa shape index (κ1) is 13.1. The van der Waals surface area contributed by atoms with Gasteiger partial charge in [0.25, 0.3) is 5.91 Å². The van der Waals surface area contributed by atoms with Crippen molar-refractivity contribution >= 4 is 29.1 Å². The van der Waals surface area contributed by atoms with E-state index in [4.69, 9.17) is 23.2 Å². The summed E-state index contributed by atoms with van der Waals surface area (Å²) in [7, 11) is 1.67. The average Bonchev–Trinajstić information content (AvgIpc) is 2.20. The smallest absolute Gasteiger partial charge is 0.253 e. The number of nitrogens with zero attached hydrogens (tertiary/aromatic N) is 1. The Morgan fingerprint density at radius 1 is 1.56 bits per heavy atom. The van der Waals surface area contributed by atoms with Crippen molar-refractivity contribution in [1.82, 2.24) is 4.90 Å². The monoisotopic (exact) mass is 261 g/mol. The lowest BCUT2D eigenvalue weighted by Gasteiger charge is -2.18. The summed E-state index contributed by atoms with van der Waals surface area (Å²) in [5.74, 6) is -0.207. The van der Waals surface area contributed by atoms with E-state index in [2.05, 4.69) is 0 Å². The largest absolute Gasteiger partial charge is 0.506 e. The van der Waals surface area contributed by atoms with Crippen LogP contribution in [-0.2, 0) is 0 Å². The van der Waals surface area contributed by atoms with Crippen molar-refractivity contribution in [2.45, 2.75) is 12.3 Å². The highest BCUT2D eigenvalue weighted by Gasteiger charge is 2.14. The van der Waals surface area contributed by atoms with E-state index < -0.39 is 0 Å². The molecule has 88 valence electrons. The van der Waals surface area contributed by atoms with Gasteiger partial charge in [-0.15, -0.1) is 11.6 Å². The molecule has 1 amide bonds. The Labute approximate surface area is 105 Å². The molecule has 0 spiro atoms. The molecule has 16 heavy (non-hydrogen) atoms. The molecule has 5 heteroatoms. The van der Waals surface area contributed by atoms with Crippen LogP contribution in [0, 0.1) is 0 Å². The van der Waals surface area contributed by atoms with Gasteiger partial charge in [-0.1, -0.05) is 11.6 Å². The highest BCUT2D eigenvalue weighted by atomic mass is 35.5. The Balaban J connectivity index is 2.84. The molecule has 1 atom stereocenters. The van der Waals surface area contributed by atoms with E-state index in [-0.39, 0.29) is 22.1 Å². The highest BCUT2D eigenvalue weighted by Crippen LogP contribution is 2.24. The Bertz CT molecular complexity index is 394. The lowest BCUT2D eigenvalue weighted by atomic mass is 10.2. The maximum absolute atomic E-state index is 11.9. The van der Waals surface area contributed by atoms with Gasteiger partial charge in [-0.25, -0.2) is 0 Å². The van der Waals surface area contributed by atoms with Crippen molar-refractivity contribution in [3.8, 4) is 5.75 Å². The molecule has 0 bridgehead atoms. The fraction of sp³-hybridized carbons (Fsp3) is 0.364. The third-order valence-electron chi connectivity index (χ3n) is 2.07. The number of phenols is 1. The topological polar surface area (TPSA) is 40.5 Å². The predicted molar refractivity (Wildman–Crippen MR) is 65.4 cm³/mol. The minimum Gasteiger partial charge on any atom is -0.506 e. The minimum absolute atomic E-state index is 0.0356. The number of alkyl halides is 1. The average molecular weight is 262 g/mol. The minimum atomic E-state index is -0.172. The van der Waals surface area contributed by atoms with E-state index in [0.29, 0.717) is 12.1 Å². The van der Waals surface area contributed by atoms with Gasteiger partial charge >= 0.3 is 0 Å². The lowest BCUT2D eigenvalue weighted by molar-refractivity contribution is 0.0796. The van der Waals surface area contributed by atoms with E-state index in [9.17, 15) is 9.90 Å². The normalized spacial score (nSPS) is 12.2. The van der Waals surface area contributed by atoms with E-state index in [1.165, 1.54) is 23.1 Å². The van der Waals surface area contributed by atoms with Crippen molar-refractivity contribution < 1.29 is 9.90 Å². The molecular weight excluding hydrogens is 249 g/mol. The number of amides is 1. The van der Waals surface area contributed by atoms with Crippen LogP contribution in [0.15, 0.2) is 18.2 Å². The maximum atomic E-state index is 11.9. The van der Waals surface area contributed by atoms with Gasteiger partial charge in [0.2, 0.25) is 0 Å². The van der Waals surface area contributed by atoms with Crippen LogP contribution in [0.25, 0.3) is 0 Å². The molecule has 0 aromatic heterocycles. The number of hydrogen-bond donors (Lipinski definition) is 1. The molecule has 0 fully saturated rings. The Hall–Kier alpha value is -0.930. The number of halogens is 2. The number of carbonyl (C=O) groups excluding carboxylic acids is 1. The van der Waals surface area contributed by atoms with Crippen molar-refractivity contribution in [2.75, 3.05) is 13.6 Å². The predicted octanol–water partition coefficient (Wildman–Crippen LogP) is 2.74. The van der Waals surface area contributed by atoms with Gasteiger partial charge in [0, 0.05) is 24.5 Å². The second kappa shape index (κ2) is 5.41. The van der Waals surface area contributed by atoms with Crippen LogP contribution >= 0.6 is 23.2 Å². The third kappa shape index (κ3) is 3.29. The molecule has 0 aliphatic carbocycles. The van der Waals surface area contributed by atoms with E-state index in [0.717, 1.165) is 0 Å². The van der Waals surface area contributed by atoms with Crippen LogP contribution in [0.2, 0.25) is 5.02 Å². The zero-order valence-electron chi connectivity index (χ0n) is 9.08. The van der Waals surface area contributed by atoms with Crippen molar-refractivity contribution in [2.24, 2.45) is 0 Å². The van der Waals surface area contributed by atoms with Gasteiger partial charge in [0.1, 0.15) is 5.75 Å². The fourth-order valence-corrected chi connectivity index (χ4v) is 1.71. The van der Waals surface area contributed by atoms with Crippen LogP contribution in [0.5, 0.6) is 5.75 Å². The van der Waals surface area contributed by atoms with Crippen LogP contribution in [0.3, 0.4) is 0 Å². The van der Waals surface area contributed by atoms with E-state index >= 15 is 0 Å². The van der Waals surface area contributed by atoms with Crippen LogP contribution in [0.4, 0.5) is 0 Å². The number of phenolic OH excluding ortho intramolecular Hbond substituents is 1. The van der Waals surface area contributed by atoms with Gasteiger partial charge in [-0.3, -0.25) is 4.79 Å². The second-order valence-electron chi connectivity index (χ2n) is 3.63. The quantitative estimate of drug-likeness (QED) is 0.851. The molecule has 1 aromatic carbocycles. The summed E-state index contributed by atoms with van der Waals surface area (Å²) in [4.78, 5) is 13.4. The van der Waals surface area contributed by atoms with Gasteiger partial charge < -0.3 is 10.0 Å². The van der Waals surface area contributed by atoms with Gasteiger partial charge in [-0.2, -0.15) is 0 Å². The summed E-state index contributed by atoms with van der Waals surface area (Å²) < 4.78 is 0. The summed E-state index contributed by atoms with van der Waals surface area (Å²) in [6.07, 6.45) is 0. The lowest BCUT2D eigenvalue weighted by Crippen LogP contribution is -2.31. The zero-order chi connectivity index (χ0) is 12.3. The zero-order valence-corrected chi connectivity index (χ0v) is 10.6. The SMILES string of the molecule is CC(Cl)CN(C)C(=O)c1ccc(O)c(Cl)c1. The number of rotatable bonds is 3. The summed E-state index contributed by atoms with van der Waals surface area (Å²) in [6.45, 7) is 2.27. The van der Waals surface area contributed by atoms with E-state index in [1.807, 2.05) is 6.92 Å². The first-order chi connectivity index (χ1) is 7.41. The van der Waals surface area contributed by atoms with Gasteiger partial charge in [0.05, 0.1) is 5.02 Å². The molecule has 0 saturated heterocycles. The molecule has 3 nitrogen and oxygen atoms in total. The standard InChI is InChI=1S/C11H13Cl2NO2/c1-7(12)6-14(2)11(16)8-3-4-10(15)9(13)5-8/h3-5,7,15H,6H2,1-2H3. The summed E-state index contributed by atoms with van der Waals surface area (Å²) in [5.41, 5.74) is 0.433. The second-order valence-corrected chi connectivity index (χ2v) is 4.78. The Morgan fingerprint density at radius 3 is 2.69 bits per heavy atom. The molecule has 1 N–H and O–H groups in total. The van der Waals surface area contributed by atoms with Crippen molar-refractivity contribution in [3.63, 3.8) is 0 Å². The molecular formula is C11H13Cl2NO2. The number of benzene rings is 1. The molecule has 0 aliphatic heterocycles. The van der Waals surface area contributed by atoms with E-state index in [1.54, 1.807) is 7.05 Å². The summed E-state index contributed by atoms with van der Waals surface area (Å²) >= 11 is 11.5. The molecule has 1 aromatic rings. The maximum Gasteiger partial charge on any atom is 0.253 e. The van der Waals surface area contributed by atoms with Crippen molar-refractivity contribution in [1.29, 1.82) is 0 Å². The van der Waals surface area contributed by atoms with Gasteiger partial charge in [-0.05, 0) is 25.1 Å². The number of carbonyl (C=O) groups is 1. The van der Waals surface area contributed by atoms with Crippen LogP contribution in [-0.4, -0.2) is 34.9 Å². The van der Waals surface area contributed by atoms with Crippen LogP contribution in [0.1, 0.15) is 17.3 Å². The molecule has 0 aliphatic rings. The molecule has 0 heterocycles. The molecule has 0 saturated carbocycles. The molecule has 1 rings (SSSR count). The Kier molecular flexibility index (Phi) is 4.44. The van der Waals surface area contributed by atoms with Gasteiger partial charge in [0.15, 0.2) is 0 Å². The summed E-state index contributed by atoms with van der Waals surface area (Å²) in [6, 6.07) is 4.36. The first-order valence-electron chi connectivity index (χ1n) is 4.80. The number of hydrogen-bond acceptors (Lipinski definition) is 2. The number of aromatic hydroxyl groups is 1. The van der Waals surface area contributed by atoms with Crippen molar-refractivity contribution in [3.05, 3.63) is 28.8 Å².